The number of benzene rings is 2. The monoisotopic (exact) mass is 439 g/mol. The largest absolute Gasteiger partial charge is 0.465 e. The highest BCUT2D eigenvalue weighted by atomic mass is 79.9. The zero-order valence-electron chi connectivity index (χ0n) is 14.0. The third-order valence-corrected chi connectivity index (χ3v) is 6.40. The topological polar surface area (TPSA) is 81.2 Å². The average molecular weight is 440 g/mol. The molecule has 0 aliphatic carbocycles. The summed E-state index contributed by atoms with van der Waals surface area (Å²) in [5.41, 5.74) is 1.70. The molecule has 1 N–H and O–H groups in total. The van der Waals surface area contributed by atoms with Crippen molar-refractivity contribution in [3.63, 3.8) is 0 Å². The molecule has 26 heavy (non-hydrogen) atoms. The number of rotatable bonds is 5. The molecule has 1 aliphatic rings. The van der Waals surface area contributed by atoms with Gasteiger partial charge in [0.2, 0.25) is 0 Å². The Kier molecular flexibility index (Phi) is 5.10. The molecule has 2 aromatic rings. The van der Waals surface area contributed by atoms with Crippen molar-refractivity contribution in [1.82, 2.24) is 4.90 Å². The van der Waals surface area contributed by atoms with E-state index < -0.39 is 16.3 Å². The smallest absolute Gasteiger partial charge is 0.407 e. The van der Waals surface area contributed by atoms with Crippen LogP contribution in [0.25, 0.3) is 0 Å². The number of amides is 1. The van der Waals surface area contributed by atoms with Crippen LogP contribution in [0.1, 0.15) is 6.42 Å². The van der Waals surface area contributed by atoms with E-state index in [9.17, 15) is 13.2 Å². The van der Waals surface area contributed by atoms with Crippen LogP contribution in [0.3, 0.4) is 0 Å². The van der Waals surface area contributed by atoms with Crippen molar-refractivity contribution in [3.05, 3.63) is 53.0 Å². The first-order chi connectivity index (χ1) is 12.3. The van der Waals surface area contributed by atoms with Crippen LogP contribution in [0.5, 0.6) is 0 Å². The third-order valence-electron chi connectivity index (χ3n) is 4.11. The van der Waals surface area contributed by atoms with Gasteiger partial charge >= 0.3 is 16.3 Å². The van der Waals surface area contributed by atoms with Crippen LogP contribution in [0.15, 0.2) is 53.0 Å². The molecule has 9 heteroatoms. The fraction of sp³-hybridized carbons (Fsp3) is 0.235. The SMILES string of the molecule is CN(CCCN1c2cc(Br)ccc2N(c2ccccc2)S1(=O)=O)C(=O)O. The van der Waals surface area contributed by atoms with E-state index in [0.717, 1.165) is 9.37 Å². The minimum Gasteiger partial charge on any atom is -0.465 e. The Morgan fingerprint density at radius 1 is 1.15 bits per heavy atom. The summed E-state index contributed by atoms with van der Waals surface area (Å²) < 4.78 is 29.8. The van der Waals surface area contributed by atoms with Crippen LogP contribution in [0.2, 0.25) is 0 Å². The molecule has 0 spiro atoms. The van der Waals surface area contributed by atoms with Crippen molar-refractivity contribution in [1.29, 1.82) is 0 Å². The van der Waals surface area contributed by atoms with Crippen molar-refractivity contribution in [2.75, 3.05) is 28.7 Å². The predicted molar refractivity (Wildman–Crippen MR) is 104 cm³/mol. The van der Waals surface area contributed by atoms with E-state index in [1.54, 1.807) is 42.5 Å². The highest BCUT2D eigenvalue weighted by Gasteiger charge is 2.41. The fourth-order valence-corrected chi connectivity index (χ4v) is 4.93. The number of halogens is 1. The lowest BCUT2D eigenvalue weighted by Crippen LogP contribution is -2.37. The van der Waals surface area contributed by atoms with Gasteiger partial charge in [-0.3, -0.25) is 4.31 Å². The minimum atomic E-state index is -3.80. The van der Waals surface area contributed by atoms with E-state index in [1.165, 1.54) is 15.7 Å². The molecule has 0 fully saturated rings. The molecule has 138 valence electrons. The fourth-order valence-electron chi connectivity index (χ4n) is 2.83. The molecule has 1 aliphatic heterocycles. The Morgan fingerprint density at radius 2 is 1.85 bits per heavy atom. The van der Waals surface area contributed by atoms with Gasteiger partial charge in [-0.25, -0.2) is 9.10 Å². The highest BCUT2D eigenvalue weighted by Crippen LogP contribution is 2.46. The van der Waals surface area contributed by atoms with Crippen LogP contribution < -0.4 is 8.61 Å². The third kappa shape index (κ3) is 3.36. The lowest BCUT2D eigenvalue weighted by atomic mass is 10.2. The molecule has 1 amide bonds. The van der Waals surface area contributed by atoms with Gasteiger partial charge in [-0.05, 0) is 36.8 Å². The van der Waals surface area contributed by atoms with Gasteiger partial charge in [0.1, 0.15) is 0 Å². The normalized spacial score (nSPS) is 15.0. The molecule has 0 atom stereocenters. The Bertz CT molecular complexity index is 921. The first-order valence-corrected chi connectivity index (χ1v) is 10.1. The first kappa shape index (κ1) is 18.5. The van der Waals surface area contributed by atoms with E-state index in [-0.39, 0.29) is 13.1 Å². The van der Waals surface area contributed by atoms with Gasteiger partial charge in [-0.2, -0.15) is 8.42 Å². The number of hydrogen-bond donors (Lipinski definition) is 1. The quantitative estimate of drug-likeness (QED) is 0.770. The van der Waals surface area contributed by atoms with Gasteiger partial charge < -0.3 is 10.0 Å². The lowest BCUT2D eigenvalue weighted by Gasteiger charge is -2.22. The van der Waals surface area contributed by atoms with E-state index >= 15 is 0 Å². The lowest BCUT2D eigenvalue weighted by molar-refractivity contribution is 0.156. The summed E-state index contributed by atoms with van der Waals surface area (Å²) in [6, 6.07) is 14.2. The number of para-hydroxylation sites is 1. The summed E-state index contributed by atoms with van der Waals surface area (Å²) in [7, 11) is -2.34. The molecule has 0 saturated heterocycles. The number of carboxylic acid groups (broad SMARTS) is 1. The Hall–Kier alpha value is -2.26. The van der Waals surface area contributed by atoms with E-state index in [0.29, 0.717) is 23.5 Å². The molecule has 3 rings (SSSR count). The second-order valence-corrected chi connectivity index (χ2v) is 8.49. The summed E-state index contributed by atoms with van der Waals surface area (Å²) >= 11 is 3.39. The highest BCUT2D eigenvalue weighted by molar-refractivity contribution is 9.10. The zero-order chi connectivity index (χ0) is 18.9. The maximum Gasteiger partial charge on any atom is 0.407 e. The molecule has 2 aromatic carbocycles. The maximum absolute atomic E-state index is 13.2. The van der Waals surface area contributed by atoms with Gasteiger partial charge in [0, 0.05) is 24.6 Å². The molecule has 0 aromatic heterocycles. The van der Waals surface area contributed by atoms with Crippen LogP contribution in [0, 0.1) is 0 Å². The first-order valence-electron chi connectivity index (χ1n) is 7.94. The molecule has 0 radical (unpaired) electrons. The Morgan fingerprint density at radius 3 is 2.50 bits per heavy atom. The van der Waals surface area contributed by atoms with Gasteiger partial charge in [-0.1, -0.05) is 34.1 Å². The van der Waals surface area contributed by atoms with Crippen LogP contribution in [-0.2, 0) is 10.2 Å². The standard InChI is InChI=1S/C17H18BrN3O4S/c1-19(17(22)23)10-5-11-20-16-12-13(18)8-9-15(16)21(26(20,24)25)14-6-3-2-4-7-14/h2-4,6-9,12H,5,10-11H2,1H3,(H,22,23). The number of anilines is 3. The van der Waals surface area contributed by atoms with Crippen LogP contribution in [-0.4, -0.2) is 44.7 Å². The molecular weight excluding hydrogens is 422 g/mol. The van der Waals surface area contributed by atoms with Crippen LogP contribution in [0.4, 0.5) is 21.9 Å². The second kappa shape index (κ2) is 7.16. The average Bonchev–Trinajstić information content (AvgIpc) is 2.81. The van der Waals surface area contributed by atoms with Crippen molar-refractivity contribution < 1.29 is 18.3 Å². The van der Waals surface area contributed by atoms with E-state index in [1.807, 2.05) is 6.07 Å². The Balaban J connectivity index is 1.95. The van der Waals surface area contributed by atoms with Crippen molar-refractivity contribution >= 4 is 49.3 Å². The van der Waals surface area contributed by atoms with Crippen LogP contribution >= 0.6 is 15.9 Å². The predicted octanol–water partition coefficient (Wildman–Crippen LogP) is 3.65. The molecule has 0 saturated carbocycles. The summed E-state index contributed by atoms with van der Waals surface area (Å²) in [6.07, 6.45) is -0.653. The van der Waals surface area contributed by atoms with Crippen molar-refractivity contribution in [3.8, 4) is 0 Å². The summed E-state index contributed by atoms with van der Waals surface area (Å²) in [4.78, 5) is 12.1. The van der Waals surface area contributed by atoms with Gasteiger partial charge in [0.15, 0.2) is 0 Å². The number of carbonyl (C=O) groups is 1. The number of fused-ring (bicyclic) bond motifs is 1. The molecular formula is C17H18BrN3O4S. The summed E-state index contributed by atoms with van der Waals surface area (Å²) in [6.45, 7) is 0.433. The van der Waals surface area contributed by atoms with Gasteiger partial charge in [-0.15, -0.1) is 0 Å². The second-order valence-electron chi connectivity index (χ2n) is 5.87. The summed E-state index contributed by atoms with van der Waals surface area (Å²) in [5.74, 6) is 0. The van der Waals surface area contributed by atoms with Crippen molar-refractivity contribution in [2.45, 2.75) is 6.42 Å². The maximum atomic E-state index is 13.2. The summed E-state index contributed by atoms with van der Waals surface area (Å²) in [5, 5.41) is 8.94. The molecule has 1 heterocycles. The molecule has 0 unspecified atom stereocenters. The minimum absolute atomic E-state index is 0.187. The Labute approximate surface area is 160 Å². The molecule has 0 bridgehead atoms. The zero-order valence-corrected chi connectivity index (χ0v) is 16.4. The van der Waals surface area contributed by atoms with E-state index in [2.05, 4.69) is 15.9 Å². The van der Waals surface area contributed by atoms with Crippen molar-refractivity contribution in [2.24, 2.45) is 0 Å². The molecule has 7 nitrogen and oxygen atoms in total. The number of hydrogen-bond acceptors (Lipinski definition) is 3. The number of nitrogens with zero attached hydrogens (tertiary/aromatic N) is 3. The van der Waals surface area contributed by atoms with E-state index in [4.69, 9.17) is 5.11 Å². The van der Waals surface area contributed by atoms with Gasteiger partial charge in [0.05, 0.1) is 17.1 Å². The van der Waals surface area contributed by atoms with Gasteiger partial charge in [0.25, 0.3) is 0 Å².